The third kappa shape index (κ3) is 4.15. The molecule has 0 bridgehead atoms. The number of amides is 1. The minimum Gasteiger partial charge on any atom is -0.341 e. The van der Waals surface area contributed by atoms with Gasteiger partial charge in [-0.05, 0) is 18.9 Å². The molecule has 3 nitrogen and oxygen atoms in total. The summed E-state index contributed by atoms with van der Waals surface area (Å²) in [6.07, 6.45) is 2.13. The Kier molecular flexibility index (Phi) is 6.44. The van der Waals surface area contributed by atoms with Gasteiger partial charge in [-0.25, -0.2) is 0 Å². The van der Waals surface area contributed by atoms with Crippen LogP contribution in [0.25, 0.3) is 0 Å². The Morgan fingerprint density at radius 2 is 1.94 bits per heavy atom. The lowest BCUT2D eigenvalue weighted by molar-refractivity contribution is -0.132. The number of carbonyl (C=O) groups excluding carboxylic acids is 1. The van der Waals surface area contributed by atoms with Crippen molar-refractivity contribution in [1.29, 1.82) is 0 Å². The highest BCUT2D eigenvalue weighted by Crippen LogP contribution is 2.17. The SMILES string of the molecule is CCCCN(CCN)C(=O)C(C)c1ccccc1. The maximum atomic E-state index is 12.4. The highest BCUT2D eigenvalue weighted by Gasteiger charge is 2.20. The average Bonchev–Trinajstić information content (AvgIpc) is 2.43. The second-order valence-electron chi connectivity index (χ2n) is 4.60. The van der Waals surface area contributed by atoms with Crippen LogP contribution in [0.3, 0.4) is 0 Å². The molecule has 0 heterocycles. The maximum Gasteiger partial charge on any atom is 0.229 e. The first-order valence-electron chi connectivity index (χ1n) is 6.74. The van der Waals surface area contributed by atoms with Gasteiger partial charge < -0.3 is 10.6 Å². The molecule has 18 heavy (non-hydrogen) atoms. The first kappa shape index (κ1) is 14.7. The van der Waals surface area contributed by atoms with Crippen LogP contribution in [0.2, 0.25) is 0 Å². The van der Waals surface area contributed by atoms with Gasteiger partial charge in [0.2, 0.25) is 5.91 Å². The number of rotatable bonds is 7. The van der Waals surface area contributed by atoms with Gasteiger partial charge in [0.25, 0.3) is 0 Å². The molecule has 1 aromatic rings. The molecule has 0 fully saturated rings. The van der Waals surface area contributed by atoms with Crippen LogP contribution in [0.1, 0.15) is 38.2 Å². The van der Waals surface area contributed by atoms with E-state index in [1.807, 2.05) is 42.2 Å². The summed E-state index contributed by atoms with van der Waals surface area (Å²) in [7, 11) is 0. The Bertz CT molecular complexity index is 351. The van der Waals surface area contributed by atoms with Gasteiger partial charge in [0.1, 0.15) is 0 Å². The van der Waals surface area contributed by atoms with E-state index in [2.05, 4.69) is 6.92 Å². The first-order chi connectivity index (χ1) is 8.70. The van der Waals surface area contributed by atoms with E-state index in [4.69, 9.17) is 5.73 Å². The van der Waals surface area contributed by atoms with Crippen molar-refractivity contribution in [3.05, 3.63) is 35.9 Å². The molecule has 0 aliphatic rings. The van der Waals surface area contributed by atoms with Crippen LogP contribution >= 0.6 is 0 Å². The van der Waals surface area contributed by atoms with E-state index in [-0.39, 0.29) is 11.8 Å². The minimum atomic E-state index is -0.0883. The number of nitrogens with zero attached hydrogens (tertiary/aromatic N) is 1. The molecule has 1 amide bonds. The van der Waals surface area contributed by atoms with E-state index < -0.39 is 0 Å². The molecular weight excluding hydrogens is 224 g/mol. The zero-order valence-corrected chi connectivity index (χ0v) is 11.4. The number of hydrogen-bond donors (Lipinski definition) is 1. The highest BCUT2D eigenvalue weighted by atomic mass is 16.2. The van der Waals surface area contributed by atoms with Crippen molar-refractivity contribution in [2.24, 2.45) is 5.73 Å². The van der Waals surface area contributed by atoms with E-state index in [9.17, 15) is 4.79 Å². The van der Waals surface area contributed by atoms with E-state index in [1.165, 1.54) is 0 Å². The van der Waals surface area contributed by atoms with E-state index in [0.29, 0.717) is 13.1 Å². The zero-order valence-electron chi connectivity index (χ0n) is 11.4. The Morgan fingerprint density at radius 1 is 1.28 bits per heavy atom. The van der Waals surface area contributed by atoms with Gasteiger partial charge in [-0.15, -0.1) is 0 Å². The van der Waals surface area contributed by atoms with Gasteiger partial charge in [0, 0.05) is 19.6 Å². The topological polar surface area (TPSA) is 46.3 Å². The molecule has 0 aromatic heterocycles. The summed E-state index contributed by atoms with van der Waals surface area (Å²) in [5.74, 6) is 0.0923. The van der Waals surface area contributed by atoms with Crippen LogP contribution in [0.4, 0.5) is 0 Å². The Morgan fingerprint density at radius 3 is 2.50 bits per heavy atom. The van der Waals surface area contributed by atoms with Crippen LogP contribution in [0.15, 0.2) is 30.3 Å². The van der Waals surface area contributed by atoms with Gasteiger partial charge >= 0.3 is 0 Å². The Hall–Kier alpha value is -1.35. The lowest BCUT2D eigenvalue weighted by Gasteiger charge is -2.25. The summed E-state index contributed by atoms with van der Waals surface area (Å²) >= 11 is 0. The lowest BCUT2D eigenvalue weighted by atomic mass is 9.99. The van der Waals surface area contributed by atoms with Crippen molar-refractivity contribution in [1.82, 2.24) is 4.90 Å². The fraction of sp³-hybridized carbons (Fsp3) is 0.533. The van der Waals surface area contributed by atoms with Gasteiger partial charge in [-0.1, -0.05) is 43.7 Å². The quantitative estimate of drug-likeness (QED) is 0.805. The monoisotopic (exact) mass is 248 g/mol. The summed E-state index contributed by atoms with van der Waals surface area (Å²) in [5.41, 5.74) is 6.65. The minimum absolute atomic E-state index is 0.0883. The van der Waals surface area contributed by atoms with E-state index >= 15 is 0 Å². The summed E-state index contributed by atoms with van der Waals surface area (Å²) in [6, 6.07) is 9.91. The lowest BCUT2D eigenvalue weighted by Crippen LogP contribution is -2.38. The molecule has 3 heteroatoms. The fourth-order valence-corrected chi connectivity index (χ4v) is 2.00. The molecule has 1 unspecified atom stereocenters. The van der Waals surface area contributed by atoms with Crippen LogP contribution in [-0.4, -0.2) is 30.4 Å². The smallest absolute Gasteiger partial charge is 0.229 e. The van der Waals surface area contributed by atoms with Crippen molar-refractivity contribution in [2.75, 3.05) is 19.6 Å². The normalized spacial score (nSPS) is 12.2. The number of unbranched alkanes of at least 4 members (excludes halogenated alkanes) is 1. The zero-order chi connectivity index (χ0) is 13.4. The molecule has 0 aliphatic carbocycles. The Labute approximate surface area is 110 Å². The third-order valence-electron chi connectivity index (χ3n) is 3.16. The predicted octanol–water partition coefficient (Wildman–Crippen LogP) is 2.38. The standard InChI is InChI=1S/C15H24N2O/c1-3-4-11-17(12-10-16)15(18)13(2)14-8-6-5-7-9-14/h5-9,13H,3-4,10-12,16H2,1-2H3. The predicted molar refractivity (Wildman–Crippen MR) is 75.4 cm³/mol. The number of hydrogen-bond acceptors (Lipinski definition) is 2. The summed E-state index contributed by atoms with van der Waals surface area (Å²) in [5, 5.41) is 0. The van der Waals surface area contributed by atoms with Crippen molar-refractivity contribution in [3.63, 3.8) is 0 Å². The summed E-state index contributed by atoms with van der Waals surface area (Å²) in [4.78, 5) is 14.3. The third-order valence-corrected chi connectivity index (χ3v) is 3.16. The van der Waals surface area contributed by atoms with E-state index in [1.54, 1.807) is 0 Å². The summed E-state index contributed by atoms with van der Waals surface area (Å²) < 4.78 is 0. The van der Waals surface area contributed by atoms with E-state index in [0.717, 1.165) is 24.9 Å². The van der Waals surface area contributed by atoms with Crippen LogP contribution in [-0.2, 0) is 4.79 Å². The molecule has 0 spiro atoms. The van der Waals surface area contributed by atoms with Crippen LogP contribution in [0, 0.1) is 0 Å². The maximum absolute atomic E-state index is 12.4. The summed E-state index contributed by atoms with van der Waals surface area (Å²) in [6.45, 7) is 6.08. The molecule has 0 saturated carbocycles. The van der Waals surface area contributed by atoms with Crippen LogP contribution in [0.5, 0.6) is 0 Å². The van der Waals surface area contributed by atoms with Crippen molar-refractivity contribution in [2.45, 2.75) is 32.6 Å². The van der Waals surface area contributed by atoms with Crippen molar-refractivity contribution >= 4 is 5.91 Å². The molecule has 1 aromatic carbocycles. The van der Waals surface area contributed by atoms with Gasteiger partial charge in [-0.3, -0.25) is 4.79 Å². The van der Waals surface area contributed by atoms with Gasteiger partial charge in [-0.2, -0.15) is 0 Å². The molecular formula is C15H24N2O. The fourth-order valence-electron chi connectivity index (χ4n) is 2.00. The number of nitrogens with two attached hydrogens (primary N) is 1. The van der Waals surface area contributed by atoms with Crippen molar-refractivity contribution in [3.8, 4) is 0 Å². The second kappa shape index (κ2) is 7.88. The van der Waals surface area contributed by atoms with Crippen LogP contribution < -0.4 is 5.73 Å². The largest absolute Gasteiger partial charge is 0.341 e. The highest BCUT2D eigenvalue weighted by molar-refractivity contribution is 5.83. The molecule has 0 aliphatic heterocycles. The van der Waals surface area contributed by atoms with Gasteiger partial charge in [0.15, 0.2) is 0 Å². The molecule has 1 atom stereocenters. The first-order valence-corrected chi connectivity index (χ1v) is 6.74. The number of carbonyl (C=O) groups is 1. The molecule has 2 N–H and O–H groups in total. The van der Waals surface area contributed by atoms with Gasteiger partial charge in [0.05, 0.1) is 5.92 Å². The Balaban J connectivity index is 2.69. The van der Waals surface area contributed by atoms with Crippen molar-refractivity contribution < 1.29 is 4.79 Å². The second-order valence-corrected chi connectivity index (χ2v) is 4.60. The molecule has 1 rings (SSSR count). The molecule has 0 radical (unpaired) electrons. The molecule has 100 valence electrons. The molecule has 0 saturated heterocycles. The average molecular weight is 248 g/mol. The number of benzene rings is 1.